The van der Waals surface area contributed by atoms with Crippen LogP contribution in [0.4, 0.5) is 0 Å². The molecule has 28 heavy (non-hydrogen) atoms. The number of ether oxygens (including phenoxy) is 1. The van der Waals surface area contributed by atoms with Crippen LogP contribution >= 0.6 is 0 Å². The maximum Gasteiger partial charge on any atom is 0.337 e. The number of methoxy groups -OCH3 is 1. The van der Waals surface area contributed by atoms with Crippen molar-refractivity contribution in [3.05, 3.63) is 77.6 Å². The largest absolute Gasteiger partial charge is 0.465 e. The number of hydrogen-bond donors (Lipinski definition) is 0. The lowest BCUT2D eigenvalue weighted by Crippen LogP contribution is -2.29. The standard InChI is InChI=1S/C23H22N2O3/c1-28-23(27)18-7-5-16(6-8-18)13-17-10-12-25(15-17)22(26)21-4-2-3-19-14-24-11-9-20(19)21/h2-9,11,14,17H,10,12-13,15H2,1H3. The zero-order valence-electron chi connectivity index (χ0n) is 15.8. The van der Waals surface area contributed by atoms with Crippen LogP contribution in [0.15, 0.2) is 60.9 Å². The van der Waals surface area contributed by atoms with Gasteiger partial charge in [0.25, 0.3) is 5.91 Å². The SMILES string of the molecule is COC(=O)c1ccc(CC2CCN(C(=O)c3cccc4cnccc34)C2)cc1. The van der Waals surface area contributed by atoms with E-state index >= 15 is 0 Å². The number of carbonyl (C=O) groups is 2. The first-order chi connectivity index (χ1) is 13.7. The molecule has 1 unspecified atom stereocenters. The predicted molar refractivity (Wildman–Crippen MR) is 107 cm³/mol. The monoisotopic (exact) mass is 374 g/mol. The maximum absolute atomic E-state index is 13.1. The van der Waals surface area contributed by atoms with Crippen molar-refractivity contribution < 1.29 is 14.3 Å². The zero-order valence-corrected chi connectivity index (χ0v) is 15.8. The number of amides is 1. The summed E-state index contributed by atoms with van der Waals surface area (Å²) in [6.07, 6.45) is 5.39. The summed E-state index contributed by atoms with van der Waals surface area (Å²) < 4.78 is 4.74. The number of nitrogens with zero attached hydrogens (tertiary/aromatic N) is 2. The molecule has 142 valence electrons. The topological polar surface area (TPSA) is 59.5 Å². The van der Waals surface area contributed by atoms with E-state index < -0.39 is 0 Å². The molecule has 2 aromatic carbocycles. The number of benzene rings is 2. The van der Waals surface area contributed by atoms with Gasteiger partial charge in [0.05, 0.1) is 12.7 Å². The van der Waals surface area contributed by atoms with Gasteiger partial charge in [-0.1, -0.05) is 24.3 Å². The Bertz CT molecular complexity index is 1010. The summed E-state index contributed by atoms with van der Waals surface area (Å²) in [5.41, 5.74) is 2.46. The van der Waals surface area contributed by atoms with Crippen LogP contribution in [0.5, 0.6) is 0 Å². The molecule has 1 aliphatic rings. The third-order valence-electron chi connectivity index (χ3n) is 5.38. The fourth-order valence-electron chi connectivity index (χ4n) is 3.89. The van der Waals surface area contributed by atoms with Gasteiger partial charge in [-0.3, -0.25) is 9.78 Å². The molecule has 1 aliphatic heterocycles. The summed E-state index contributed by atoms with van der Waals surface area (Å²) in [4.78, 5) is 30.7. The minimum Gasteiger partial charge on any atom is -0.465 e. The van der Waals surface area contributed by atoms with Gasteiger partial charge in [-0.25, -0.2) is 4.79 Å². The van der Waals surface area contributed by atoms with Crippen LogP contribution in [-0.4, -0.2) is 42.0 Å². The first-order valence-electron chi connectivity index (χ1n) is 9.45. The van der Waals surface area contributed by atoms with E-state index in [1.807, 2.05) is 41.3 Å². The van der Waals surface area contributed by atoms with Gasteiger partial charge >= 0.3 is 5.97 Å². The van der Waals surface area contributed by atoms with E-state index in [9.17, 15) is 9.59 Å². The molecule has 1 atom stereocenters. The van der Waals surface area contributed by atoms with E-state index in [-0.39, 0.29) is 11.9 Å². The Balaban J connectivity index is 1.44. The molecule has 1 saturated heterocycles. The van der Waals surface area contributed by atoms with Crippen LogP contribution in [0, 0.1) is 5.92 Å². The summed E-state index contributed by atoms with van der Waals surface area (Å²) >= 11 is 0. The number of carbonyl (C=O) groups excluding carboxylic acids is 2. The molecule has 0 saturated carbocycles. The molecule has 3 aromatic rings. The average Bonchev–Trinajstić information content (AvgIpc) is 3.21. The molecule has 5 heteroatoms. The minimum absolute atomic E-state index is 0.0836. The number of esters is 1. The van der Waals surface area contributed by atoms with Crippen molar-refractivity contribution in [1.29, 1.82) is 0 Å². The van der Waals surface area contributed by atoms with Gasteiger partial charge in [0, 0.05) is 36.4 Å². The fourth-order valence-corrected chi connectivity index (χ4v) is 3.89. The molecular weight excluding hydrogens is 352 g/mol. The minimum atomic E-state index is -0.325. The second-order valence-corrected chi connectivity index (χ2v) is 7.20. The van der Waals surface area contributed by atoms with E-state index in [0.717, 1.165) is 42.3 Å². The second-order valence-electron chi connectivity index (χ2n) is 7.20. The van der Waals surface area contributed by atoms with Gasteiger partial charge in [0.1, 0.15) is 0 Å². The summed E-state index contributed by atoms with van der Waals surface area (Å²) in [7, 11) is 1.38. The van der Waals surface area contributed by atoms with Crippen LogP contribution in [0.25, 0.3) is 10.8 Å². The lowest BCUT2D eigenvalue weighted by Gasteiger charge is -2.18. The van der Waals surface area contributed by atoms with Crippen molar-refractivity contribution >= 4 is 22.6 Å². The number of likely N-dealkylation sites (tertiary alicyclic amines) is 1. The zero-order chi connectivity index (χ0) is 19.5. The van der Waals surface area contributed by atoms with E-state index in [0.29, 0.717) is 11.5 Å². The molecule has 5 nitrogen and oxygen atoms in total. The van der Waals surface area contributed by atoms with Crippen molar-refractivity contribution in [2.45, 2.75) is 12.8 Å². The smallest absolute Gasteiger partial charge is 0.337 e. The van der Waals surface area contributed by atoms with Crippen LogP contribution in [0.1, 0.15) is 32.7 Å². The van der Waals surface area contributed by atoms with Crippen molar-refractivity contribution in [2.75, 3.05) is 20.2 Å². The van der Waals surface area contributed by atoms with Crippen LogP contribution < -0.4 is 0 Å². The molecule has 1 amide bonds. The first-order valence-corrected chi connectivity index (χ1v) is 9.45. The van der Waals surface area contributed by atoms with Gasteiger partial charge in [-0.15, -0.1) is 0 Å². The van der Waals surface area contributed by atoms with Gasteiger partial charge in [-0.05, 0) is 54.0 Å². The molecule has 1 fully saturated rings. The highest BCUT2D eigenvalue weighted by molar-refractivity contribution is 6.06. The quantitative estimate of drug-likeness (QED) is 0.653. The Morgan fingerprint density at radius 1 is 1.14 bits per heavy atom. The summed E-state index contributed by atoms with van der Waals surface area (Å²) in [6, 6.07) is 15.2. The highest BCUT2D eigenvalue weighted by Crippen LogP contribution is 2.25. The molecule has 0 aliphatic carbocycles. The Labute approximate surface area is 163 Å². The predicted octanol–water partition coefficient (Wildman–Crippen LogP) is 3.73. The third-order valence-corrected chi connectivity index (χ3v) is 5.38. The molecule has 2 heterocycles. The molecule has 0 N–H and O–H groups in total. The third kappa shape index (κ3) is 3.60. The number of aromatic nitrogens is 1. The Kier molecular flexibility index (Phi) is 5.06. The van der Waals surface area contributed by atoms with Crippen molar-refractivity contribution in [3.63, 3.8) is 0 Å². The first kappa shape index (κ1) is 18.2. The van der Waals surface area contributed by atoms with Crippen LogP contribution in [0.2, 0.25) is 0 Å². The summed E-state index contributed by atoms with van der Waals surface area (Å²) in [5, 5.41) is 1.93. The van der Waals surface area contributed by atoms with E-state index in [4.69, 9.17) is 4.74 Å². The van der Waals surface area contributed by atoms with Crippen LogP contribution in [-0.2, 0) is 11.2 Å². The number of fused-ring (bicyclic) bond motifs is 1. The second kappa shape index (κ2) is 7.80. The van der Waals surface area contributed by atoms with E-state index in [2.05, 4.69) is 4.98 Å². The molecule has 0 spiro atoms. The van der Waals surface area contributed by atoms with E-state index in [1.165, 1.54) is 12.7 Å². The van der Waals surface area contributed by atoms with Crippen molar-refractivity contribution in [1.82, 2.24) is 9.88 Å². The molecular formula is C23H22N2O3. The lowest BCUT2D eigenvalue weighted by atomic mass is 9.98. The Hall–Kier alpha value is -3.21. The molecule has 0 bridgehead atoms. The summed E-state index contributed by atoms with van der Waals surface area (Å²) in [6.45, 7) is 1.52. The fraction of sp³-hybridized carbons (Fsp3) is 0.261. The van der Waals surface area contributed by atoms with E-state index in [1.54, 1.807) is 24.5 Å². The maximum atomic E-state index is 13.1. The highest BCUT2D eigenvalue weighted by Gasteiger charge is 2.27. The Morgan fingerprint density at radius 2 is 1.96 bits per heavy atom. The van der Waals surface area contributed by atoms with Gasteiger partial charge in [-0.2, -0.15) is 0 Å². The number of hydrogen-bond acceptors (Lipinski definition) is 4. The number of pyridine rings is 1. The normalized spacial score (nSPS) is 16.3. The van der Waals surface area contributed by atoms with Gasteiger partial charge in [0.15, 0.2) is 0 Å². The average molecular weight is 374 g/mol. The van der Waals surface area contributed by atoms with Crippen molar-refractivity contribution in [3.8, 4) is 0 Å². The number of rotatable bonds is 4. The van der Waals surface area contributed by atoms with Gasteiger partial charge < -0.3 is 9.64 Å². The summed E-state index contributed by atoms with van der Waals surface area (Å²) in [5.74, 6) is 0.180. The van der Waals surface area contributed by atoms with Gasteiger partial charge in [0.2, 0.25) is 0 Å². The lowest BCUT2D eigenvalue weighted by molar-refractivity contribution is 0.0600. The molecule has 4 rings (SSSR count). The Morgan fingerprint density at radius 3 is 2.75 bits per heavy atom. The van der Waals surface area contributed by atoms with Crippen molar-refractivity contribution in [2.24, 2.45) is 5.92 Å². The van der Waals surface area contributed by atoms with Crippen LogP contribution in [0.3, 0.4) is 0 Å². The molecule has 0 radical (unpaired) electrons. The molecule has 1 aromatic heterocycles. The highest BCUT2D eigenvalue weighted by atomic mass is 16.5.